The van der Waals surface area contributed by atoms with Crippen molar-refractivity contribution in [3.05, 3.63) is 47.5 Å². The Balaban J connectivity index is 2.40. The number of nitrogens with zero attached hydrogens (tertiary/aromatic N) is 2. The van der Waals surface area contributed by atoms with Crippen LogP contribution in [-0.4, -0.2) is 28.2 Å². The Morgan fingerprint density at radius 2 is 0.909 bits per heavy atom. The van der Waals surface area contributed by atoms with Gasteiger partial charge in [-0.25, -0.2) is 0 Å². The Bertz CT molecular complexity index is 787. The molecule has 2 heteroatoms. The fraction of sp³-hybridized carbons (Fsp3) is 0.300. The van der Waals surface area contributed by atoms with Gasteiger partial charge < -0.3 is 9.80 Å². The lowest BCUT2D eigenvalue weighted by Crippen LogP contribution is -2.09. The number of aryl methyl sites for hydroxylation is 2. The molecule has 3 aromatic rings. The molecule has 0 aliphatic heterocycles. The van der Waals surface area contributed by atoms with E-state index in [2.05, 4.69) is 88.2 Å². The fourth-order valence-corrected chi connectivity index (χ4v) is 3.19. The molecule has 0 radical (unpaired) electrons. The van der Waals surface area contributed by atoms with E-state index in [1.54, 1.807) is 0 Å². The van der Waals surface area contributed by atoms with Gasteiger partial charge in [0.05, 0.1) is 0 Å². The first kappa shape index (κ1) is 14.7. The highest BCUT2D eigenvalue weighted by molar-refractivity contribution is 6.07. The maximum Gasteiger partial charge on any atom is 0.0367 e. The molecule has 0 amide bonds. The van der Waals surface area contributed by atoms with Crippen molar-refractivity contribution in [3.8, 4) is 0 Å². The lowest BCUT2D eigenvalue weighted by molar-refractivity contribution is 1.13. The third-order valence-corrected chi connectivity index (χ3v) is 4.66. The van der Waals surface area contributed by atoms with Gasteiger partial charge in [-0.15, -0.1) is 0 Å². The van der Waals surface area contributed by atoms with Crippen LogP contribution in [0.4, 0.5) is 11.4 Å². The minimum Gasteiger partial charge on any atom is -0.378 e. The van der Waals surface area contributed by atoms with Gasteiger partial charge in [-0.1, -0.05) is 12.1 Å². The molecule has 3 rings (SSSR count). The summed E-state index contributed by atoms with van der Waals surface area (Å²) >= 11 is 0. The van der Waals surface area contributed by atoms with Gasteiger partial charge in [0, 0.05) is 39.6 Å². The van der Waals surface area contributed by atoms with Gasteiger partial charge in [-0.05, 0) is 70.8 Å². The van der Waals surface area contributed by atoms with Crippen molar-refractivity contribution in [3.63, 3.8) is 0 Å². The smallest absolute Gasteiger partial charge is 0.0367 e. The van der Waals surface area contributed by atoms with Gasteiger partial charge in [0.25, 0.3) is 0 Å². The van der Waals surface area contributed by atoms with Crippen molar-refractivity contribution in [1.82, 2.24) is 0 Å². The maximum atomic E-state index is 2.30. The van der Waals surface area contributed by atoms with Gasteiger partial charge in [-0.3, -0.25) is 0 Å². The van der Waals surface area contributed by atoms with Gasteiger partial charge in [0.2, 0.25) is 0 Å². The first-order chi connectivity index (χ1) is 10.4. The van der Waals surface area contributed by atoms with E-state index in [1.165, 1.54) is 44.0 Å². The van der Waals surface area contributed by atoms with Crippen LogP contribution in [0.3, 0.4) is 0 Å². The van der Waals surface area contributed by atoms with Crippen molar-refractivity contribution >= 4 is 32.9 Å². The molecule has 0 spiro atoms. The second-order valence-electron chi connectivity index (χ2n) is 6.50. The lowest BCUT2D eigenvalue weighted by Gasteiger charge is -2.19. The molecule has 22 heavy (non-hydrogen) atoms. The molecule has 0 aromatic heterocycles. The average molecular weight is 292 g/mol. The second-order valence-corrected chi connectivity index (χ2v) is 6.50. The van der Waals surface area contributed by atoms with E-state index in [4.69, 9.17) is 0 Å². The molecule has 0 N–H and O–H groups in total. The van der Waals surface area contributed by atoms with E-state index < -0.39 is 0 Å². The predicted octanol–water partition coefficient (Wildman–Crippen LogP) is 4.74. The summed E-state index contributed by atoms with van der Waals surface area (Å²) in [6.45, 7) is 4.47. The molecular weight excluding hydrogens is 268 g/mol. The SMILES string of the molecule is Cc1c2ccc(N(C)C)cc2c(C)c2ccc(N(C)C)cc12. The highest BCUT2D eigenvalue weighted by Gasteiger charge is 2.11. The zero-order valence-electron chi connectivity index (χ0n) is 14.4. The number of anilines is 2. The summed E-state index contributed by atoms with van der Waals surface area (Å²) < 4.78 is 0. The van der Waals surface area contributed by atoms with Crippen LogP contribution in [-0.2, 0) is 0 Å². The minimum absolute atomic E-state index is 1.25. The summed E-state index contributed by atoms with van der Waals surface area (Å²) in [6.07, 6.45) is 0. The number of rotatable bonds is 2. The van der Waals surface area contributed by atoms with Crippen LogP contribution >= 0.6 is 0 Å². The van der Waals surface area contributed by atoms with Crippen molar-refractivity contribution in [2.75, 3.05) is 38.0 Å². The third-order valence-electron chi connectivity index (χ3n) is 4.66. The Morgan fingerprint density at radius 3 is 1.23 bits per heavy atom. The van der Waals surface area contributed by atoms with Crippen LogP contribution in [0.1, 0.15) is 11.1 Å². The van der Waals surface area contributed by atoms with Crippen LogP contribution in [0.15, 0.2) is 36.4 Å². The topological polar surface area (TPSA) is 6.48 Å². The van der Waals surface area contributed by atoms with Crippen molar-refractivity contribution in [2.24, 2.45) is 0 Å². The molecule has 0 heterocycles. The molecule has 0 fully saturated rings. The van der Waals surface area contributed by atoms with E-state index in [9.17, 15) is 0 Å². The van der Waals surface area contributed by atoms with E-state index in [1.807, 2.05) is 0 Å². The zero-order valence-corrected chi connectivity index (χ0v) is 14.4. The van der Waals surface area contributed by atoms with Gasteiger partial charge in [0.1, 0.15) is 0 Å². The van der Waals surface area contributed by atoms with Crippen molar-refractivity contribution < 1.29 is 0 Å². The first-order valence-electron chi connectivity index (χ1n) is 7.71. The summed E-state index contributed by atoms with van der Waals surface area (Å²) in [4.78, 5) is 4.32. The monoisotopic (exact) mass is 292 g/mol. The van der Waals surface area contributed by atoms with Crippen molar-refractivity contribution in [1.29, 1.82) is 0 Å². The lowest BCUT2D eigenvalue weighted by atomic mass is 9.92. The predicted molar refractivity (Wildman–Crippen MR) is 99.6 cm³/mol. The Hall–Kier alpha value is -2.22. The number of hydrogen-bond donors (Lipinski definition) is 0. The molecule has 0 aliphatic carbocycles. The van der Waals surface area contributed by atoms with Gasteiger partial charge in [0.15, 0.2) is 0 Å². The molecule has 0 bridgehead atoms. The van der Waals surface area contributed by atoms with Crippen LogP contribution in [0.5, 0.6) is 0 Å². The normalized spacial score (nSPS) is 11.2. The highest BCUT2D eigenvalue weighted by Crippen LogP contribution is 2.35. The number of fused-ring (bicyclic) bond motifs is 2. The molecule has 3 aromatic carbocycles. The summed E-state index contributed by atoms with van der Waals surface area (Å²) in [5.41, 5.74) is 5.23. The quantitative estimate of drug-likeness (QED) is 0.629. The molecule has 2 nitrogen and oxygen atoms in total. The molecule has 0 atom stereocenters. The van der Waals surface area contributed by atoms with E-state index in [0.717, 1.165) is 0 Å². The molecule has 0 saturated heterocycles. The fourth-order valence-electron chi connectivity index (χ4n) is 3.19. The van der Waals surface area contributed by atoms with Crippen LogP contribution in [0.25, 0.3) is 21.5 Å². The molecular formula is C20H24N2. The maximum absolute atomic E-state index is 2.30. The van der Waals surface area contributed by atoms with E-state index in [-0.39, 0.29) is 0 Å². The summed E-state index contributed by atoms with van der Waals surface area (Å²) in [7, 11) is 8.36. The Morgan fingerprint density at radius 1 is 0.545 bits per heavy atom. The summed E-state index contributed by atoms with van der Waals surface area (Å²) in [6, 6.07) is 13.5. The van der Waals surface area contributed by atoms with Crippen LogP contribution in [0.2, 0.25) is 0 Å². The number of hydrogen-bond acceptors (Lipinski definition) is 2. The van der Waals surface area contributed by atoms with E-state index in [0.29, 0.717) is 0 Å². The zero-order chi connectivity index (χ0) is 16.0. The molecule has 0 saturated carbocycles. The molecule has 114 valence electrons. The number of benzene rings is 3. The highest BCUT2D eigenvalue weighted by atomic mass is 15.1. The molecule has 0 unspecified atom stereocenters. The standard InChI is InChI=1S/C20H24N2/c1-13-17-9-7-16(22(5)6)12-20(17)14(2)18-10-8-15(21(3)4)11-19(13)18/h7-12H,1-6H3. The Labute approximate surface area is 133 Å². The molecule has 0 aliphatic rings. The van der Waals surface area contributed by atoms with Crippen LogP contribution in [0, 0.1) is 13.8 Å². The van der Waals surface area contributed by atoms with Gasteiger partial charge in [-0.2, -0.15) is 0 Å². The van der Waals surface area contributed by atoms with Crippen molar-refractivity contribution in [2.45, 2.75) is 13.8 Å². The third kappa shape index (κ3) is 2.19. The van der Waals surface area contributed by atoms with Gasteiger partial charge >= 0.3 is 0 Å². The largest absolute Gasteiger partial charge is 0.378 e. The van der Waals surface area contributed by atoms with E-state index >= 15 is 0 Å². The second kappa shape index (κ2) is 5.20. The average Bonchev–Trinajstić information content (AvgIpc) is 2.51. The van der Waals surface area contributed by atoms with Crippen LogP contribution < -0.4 is 9.80 Å². The Kier molecular flexibility index (Phi) is 3.48. The summed E-state index contributed by atoms with van der Waals surface area (Å²) in [5.74, 6) is 0. The minimum atomic E-state index is 1.25. The first-order valence-corrected chi connectivity index (χ1v) is 7.71. The summed E-state index contributed by atoms with van der Waals surface area (Å²) in [5, 5.41) is 5.42.